The van der Waals surface area contributed by atoms with Crippen LogP contribution in [-0.2, 0) is 0 Å². The Morgan fingerprint density at radius 1 is 1.13 bits per heavy atom. The van der Waals surface area contributed by atoms with Crippen LogP contribution >= 0.6 is 0 Å². The molecule has 0 radical (unpaired) electrons. The predicted molar refractivity (Wildman–Crippen MR) is 60.6 cm³/mol. The third kappa shape index (κ3) is 1.73. The molecule has 1 N–H and O–H groups in total. The summed E-state index contributed by atoms with van der Waals surface area (Å²) in [6.07, 6.45) is 0. The Labute approximate surface area is 88.4 Å². The van der Waals surface area contributed by atoms with Gasteiger partial charge < -0.3 is 0 Å². The maximum absolute atomic E-state index is 11.6. The Bertz CT molecular complexity index is 549. The Morgan fingerprint density at radius 3 is 2.47 bits per heavy atom. The van der Waals surface area contributed by atoms with Crippen LogP contribution < -0.4 is 5.56 Å². The van der Waals surface area contributed by atoms with Crippen molar-refractivity contribution in [3.05, 3.63) is 51.4 Å². The van der Waals surface area contributed by atoms with Crippen molar-refractivity contribution in [1.82, 2.24) is 9.78 Å². The van der Waals surface area contributed by atoms with Crippen molar-refractivity contribution < 1.29 is 0 Å². The summed E-state index contributed by atoms with van der Waals surface area (Å²) in [4.78, 5) is 11.6. The van der Waals surface area contributed by atoms with Crippen LogP contribution in [0, 0.1) is 20.8 Å². The van der Waals surface area contributed by atoms with Gasteiger partial charge in [-0.05, 0) is 38.0 Å². The van der Waals surface area contributed by atoms with E-state index in [1.54, 1.807) is 10.7 Å². The molecule has 0 amide bonds. The Kier molecular flexibility index (Phi) is 2.23. The summed E-state index contributed by atoms with van der Waals surface area (Å²) < 4.78 is 1.58. The zero-order chi connectivity index (χ0) is 11.0. The lowest BCUT2D eigenvalue weighted by molar-refractivity contribution is 0.828. The monoisotopic (exact) mass is 202 g/mol. The van der Waals surface area contributed by atoms with Crippen LogP contribution in [0.4, 0.5) is 0 Å². The van der Waals surface area contributed by atoms with E-state index >= 15 is 0 Å². The molecule has 15 heavy (non-hydrogen) atoms. The Hall–Kier alpha value is -1.77. The largest absolute Gasteiger partial charge is 0.295 e. The van der Waals surface area contributed by atoms with Crippen LogP contribution in [0.3, 0.4) is 0 Å². The van der Waals surface area contributed by atoms with Crippen LogP contribution in [0.1, 0.15) is 16.8 Å². The number of H-pyrrole nitrogens is 1. The van der Waals surface area contributed by atoms with Crippen LogP contribution in [-0.4, -0.2) is 9.78 Å². The number of aromatic nitrogens is 2. The highest BCUT2D eigenvalue weighted by Gasteiger charge is 2.05. The van der Waals surface area contributed by atoms with E-state index in [4.69, 9.17) is 0 Å². The molecule has 0 aliphatic carbocycles. The second-order valence-electron chi connectivity index (χ2n) is 3.90. The molecule has 2 aromatic rings. The molecular weight excluding hydrogens is 188 g/mol. The zero-order valence-electron chi connectivity index (χ0n) is 9.16. The minimum absolute atomic E-state index is 0.0128. The summed E-state index contributed by atoms with van der Waals surface area (Å²) in [6.45, 7) is 5.89. The number of aryl methyl sites for hydroxylation is 3. The van der Waals surface area contributed by atoms with E-state index in [0.29, 0.717) is 0 Å². The lowest BCUT2D eigenvalue weighted by Gasteiger charge is -2.06. The van der Waals surface area contributed by atoms with Crippen LogP contribution in [0.15, 0.2) is 29.1 Å². The first kappa shape index (κ1) is 9.77. The first-order valence-electron chi connectivity index (χ1n) is 4.94. The molecule has 1 aromatic carbocycles. The van der Waals surface area contributed by atoms with Crippen LogP contribution in [0.25, 0.3) is 5.69 Å². The van der Waals surface area contributed by atoms with Gasteiger partial charge in [0.1, 0.15) is 0 Å². The molecule has 0 unspecified atom stereocenters. The highest BCUT2D eigenvalue weighted by atomic mass is 16.1. The van der Waals surface area contributed by atoms with Gasteiger partial charge in [0.2, 0.25) is 0 Å². The molecule has 0 aliphatic heterocycles. The minimum Gasteiger partial charge on any atom is -0.295 e. The quantitative estimate of drug-likeness (QED) is 0.755. The normalized spacial score (nSPS) is 10.6. The number of hydrogen-bond acceptors (Lipinski definition) is 1. The third-order valence-electron chi connectivity index (χ3n) is 2.45. The molecule has 2 rings (SSSR count). The van der Waals surface area contributed by atoms with E-state index in [1.165, 1.54) is 0 Å². The first-order chi connectivity index (χ1) is 7.08. The molecule has 0 spiro atoms. The van der Waals surface area contributed by atoms with Crippen molar-refractivity contribution in [2.24, 2.45) is 0 Å². The summed E-state index contributed by atoms with van der Waals surface area (Å²) in [5, 5.41) is 3.03. The lowest BCUT2D eigenvalue weighted by atomic mass is 10.1. The van der Waals surface area contributed by atoms with Gasteiger partial charge in [0, 0.05) is 11.8 Å². The number of aromatic amines is 1. The van der Waals surface area contributed by atoms with Crippen LogP contribution in [0.2, 0.25) is 0 Å². The molecule has 0 saturated carbocycles. The summed E-state index contributed by atoms with van der Waals surface area (Å²) in [5.74, 6) is 0. The SMILES string of the molecule is Cc1ccc(C)c(-n2[nH]c(C)cc2=O)c1. The molecule has 0 saturated heterocycles. The van der Waals surface area contributed by atoms with E-state index < -0.39 is 0 Å². The smallest absolute Gasteiger partial charge is 0.271 e. The topological polar surface area (TPSA) is 37.8 Å². The predicted octanol–water partition coefficient (Wildman–Crippen LogP) is 2.09. The molecule has 0 aliphatic rings. The van der Waals surface area contributed by atoms with Crippen molar-refractivity contribution in [3.8, 4) is 5.69 Å². The molecule has 78 valence electrons. The van der Waals surface area contributed by atoms with Gasteiger partial charge in [-0.25, -0.2) is 4.68 Å². The fraction of sp³-hybridized carbons (Fsp3) is 0.250. The van der Waals surface area contributed by atoms with E-state index in [9.17, 15) is 4.79 Å². The number of rotatable bonds is 1. The van der Waals surface area contributed by atoms with Crippen molar-refractivity contribution in [3.63, 3.8) is 0 Å². The fourth-order valence-corrected chi connectivity index (χ4v) is 1.65. The standard InChI is InChI=1S/C12H14N2O/c1-8-4-5-9(2)11(6-8)14-12(15)7-10(3)13-14/h4-7,13H,1-3H3. The van der Waals surface area contributed by atoms with Gasteiger partial charge in [-0.3, -0.25) is 9.89 Å². The highest BCUT2D eigenvalue weighted by molar-refractivity contribution is 5.42. The summed E-state index contributed by atoms with van der Waals surface area (Å²) in [5.41, 5.74) is 4.02. The third-order valence-corrected chi connectivity index (χ3v) is 2.45. The van der Waals surface area contributed by atoms with E-state index in [-0.39, 0.29) is 5.56 Å². The average molecular weight is 202 g/mol. The van der Waals surface area contributed by atoms with E-state index in [0.717, 1.165) is 22.5 Å². The molecule has 1 aromatic heterocycles. The minimum atomic E-state index is -0.0128. The summed E-state index contributed by atoms with van der Waals surface area (Å²) >= 11 is 0. The van der Waals surface area contributed by atoms with Crippen molar-refractivity contribution in [1.29, 1.82) is 0 Å². The Morgan fingerprint density at radius 2 is 1.87 bits per heavy atom. The van der Waals surface area contributed by atoms with E-state index in [2.05, 4.69) is 5.10 Å². The van der Waals surface area contributed by atoms with Gasteiger partial charge >= 0.3 is 0 Å². The average Bonchev–Trinajstić information content (AvgIpc) is 2.50. The molecule has 3 heteroatoms. The van der Waals surface area contributed by atoms with E-state index in [1.807, 2.05) is 39.0 Å². The summed E-state index contributed by atoms with van der Waals surface area (Å²) in [7, 11) is 0. The maximum Gasteiger partial charge on any atom is 0.271 e. The van der Waals surface area contributed by atoms with Gasteiger partial charge in [0.05, 0.1) is 5.69 Å². The molecular formula is C12H14N2O. The fourth-order valence-electron chi connectivity index (χ4n) is 1.65. The number of nitrogens with zero attached hydrogens (tertiary/aromatic N) is 1. The molecule has 3 nitrogen and oxygen atoms in total. The zero-order valence-corrected chi connectivity index (χ0v) is 9.16. The Balaban J connectivity index is 2.68. The van der Waals surface area contributed by atoms with Crippen molar-refractivity contribution in [2.45, 2.75) is 20.8 Å². The number of nitrogens with one attached hydrogen (secondary N) is 1. The second-order valence-corrected chi connectivity index (χ2v) is 3.90. The molecule has 0 fully saturated rings. The van der Waals surface area contributed by atoms with Crippen molar-refractivity contribution in [2.75, 3.05) is 0 Å². The molecule has 1 heterocycles. The van der Waals surface area contributed by atoms with Gasteiger partial charge in [-0.15, -0.1) is 0 Å². The lowest BCUT2D eigenvalue weighted by Crippen LogP contribution is -2.14. The van der Waals surface area contributed by atoms with Crippen LogP contribution in [0.5, 0.6) is 0 Å². The number of benzene rings is 1. The molecule has 0 atom stereocenters. The van der Waals surface area contributed by atoms with Gasteiger partial charge in [0.25, 0.3) is 5.56 Å². The highest BCUT2D eigenvalue weighted by Crippen LogP contribution is 2.13. The van der Waals surface area contributed by atoms with Gasteiger partial charge in [-0.1, -0.05) is 12.1 Å². The van der Waals surface area contributed by atoms with Crippen molar-refractivity contribution >= 4 is 0 Å². The first-order valence-corrected chi connectivity index (χ1v) is 4.94. The van der Waals surface area contributed by atoms with Gasteiger partial charge in [-0.2, -0.15) is 0 Å². The second kappa shape index (κ2) is 3.42. The van der Waals surface area contributed by atoms with Gasteiger partial charge in [0.15, 0.2) is 0 Å². The number of hydrogen-bond donors (Lipinski definition) is 1. The summed E-state index contributed by atoms with van der Waals surface area (Å²) in [6, 6.07) is 7.67. The molecule has 0 bridgehead atoms. The maximum atomic E-state index is 11.6.